The summed E-state index contributed by atoms with van der Waals surface area (Å²) in [6.45, 7) is 0.655. The molecule has 3 aromatic rings. The fourth-order valence-electron chi connectivity index (χ4n) is 2.97. The second kappa shape index (κ2) is 6.21. The molecule has 0 radical (unpaired) electrons. The monoisotopic (exact) mass is 329 g/mol. The standard InChI is InChI=1S/C19H15N5O/c20-12-13-7-9-14(10-8-13)22-23-17-6-3-11-24-18(17)21-16-5-2-1-4-15(16)19(24)25/h1-2,4-5,7-10,22H,3,6,11H2. The third kappa shape index (κ3) is 2.76. The second-order valence-electron chi connectivity index (χ2n) is 5.87. The molecule has 0 amide bonds. The number of hydrazone groups is 1. The number of hydrogen-bond donors (Lipinski definition) is 1. The lowest BCUT2D eigenvalue weighted by Crippen LogP contribution is -2.32. The summed E-state index contributed by atoms with van der Waals surface area (Å²) in [5.74, 6) is 0.621. The highest BCUT2D eigenvalue weighted by Gasteiger charge is 2.20. The Bertz CT molecular complexity index is 1070. The molecule has 2 heterocycles. The number of nitrogens with one attached hydrogen (secondary N) is 1. The number of fused-ring (bicyclic) bond motifs is 2. The topological polar surface area (TPSA) is 83.1 Å². The largest absolute Gasteiger partial charge is 0.291 e. The van der Waals surface area contributed by atoms with Crippen molar-refractivity contribution in [2.75, 3.05) is 5.43 Å². The molecule has 0 saturated heterocycles. The van der Waals surface area contributed by atoms with Gasteiger partial charge in [0.05, 0.1) is 28.2 Å². The van der Waals surface area contributed by atoms with Gasteiger partial charge in [-0.2, -0.15) is 10.4 Å². The van der Waals surface area contributed by atoms with Crippen LogP contribution in [0, 0.1) is 11.3 Å². The molecule has 2 aromatic carbocycles. The molecule has 1 aliphatic rings. The Morgan fingerprint density at radius 3 is 2.76 bits per heavy atom. The smallest absolute Gasteiger partial charge is 0.261 e. The maximum atomic E-state index is 12.7. The molecule has 0 saturated carbocycles. The van der Waals surface area contributed by atoms with Crippen LogP contribution in [0.2, 0.25) is 0 Å². The summed E-state index contributed by atoms with van der Waals surface area (Å²) in [5.41, 5.74) is 5.81. The van der Waals surface area contributed by atoms with Gasteiger partial charge in [0.1, 0.15) is 5.71 Å². The predicted molar refractivity (Wildman–Crippen MR) is 96.6 cm³/mol. The van der Waals surface area contributed by atoms with E-state index < -0.39 is 0 Å². The maximum absolute atomic E-state index is 12.7. The van der Waals surface area contributed by atoms with Gasteiger partial charge in [0.2, 0.25) is 0 Å². The molecule has 122 valence electrons. The summed E-state index contributed by atoms with van der Waals surface area (Å²) in [5, 5.41) is 13.9. The molecule has 6 heteroatoms. The third-order valence-electron chi connectivity index (χ3n) is 4.25. The van der Waals surface area contributed by atoms with E-state index in [2.05, 4.69) is 21.6 Å². The minimum Gasteiger partial charge on any atom is -0.291 e. The van der Waals surface area contributed by atoms with Crippen LogP contribution >= 0.6 is 0 Å². The zero-order valence-corrected chi connectivity index (χ0v) is 13.4. The molecular formula is C19H15N5O. The van der Waals surface area contributed by atoms with E-state index in [1.165, 1.54) is 0 Å². The quantitative estimate of drug-likeness (QED) is 0.733. The first-order valence-corrected chi connectivity index (χ1v) is 8.09. The van der Waals surface area contributed by atoms with Gasteiger partial charge in [0.25, 0.3) is 5.56 Å². The molecule has 0 unspecified atom stereocenters. The van der Waals surface area contributed by atoms with E-state index in [4.69, 9.17) is 5.26 Å². The van der Waals surface area contributed by atoms with E-state index in [0.717, 1.165) is 24.2 Å². The Labute approximate surface area is 144 Å². The molecule has 0 fully saturated rings. The van der Waals surface area contributed by atoms with Crippen molar-refractivity contribution in [3.63, 3.8) is 0 Å². The Kier molecular flexibility index (Phi) is 3.75. The lowest BCUT2D eigenvalue weighted by atomic mass is 10.1. The Morgan fingerprint density at radius 1 is 1.16 bits per heavy atom. The van der Waals surface area contributed by atoms with Crippen LogP contribution in [-0.4, -0.2) is 15.3 Å². The molecule has 6 nitrogen and oxygen atoms in total. The average molecular weight is 329 g/mol. The van der Waals surface area contributed by atoms with E-state index in [1.807, 2.05) is 18.2 Å². The van der Waals surface area contributed by atoms with Crippen LogP contribution in [-0.2, 0) is 6.54 Å². The summed E-state index contributed by atoms with van der Waals surface area (Å²) in [6, 6.07) is 16.5. The van der Waals surface area contributed by atoms with Crippen molar-refractivity contribution in [3.05, 3.63) is 70.3 Å². The molecule has 0 spiro atoms. The van der Waals surface area contributed by atoms with E-state index in [9.17, 15) is 4.79 Å². The predicted octanol–water partition coefficient (Wildman–Crippen LogP) is 2.88. The normalized spacial score (nSPS) is 14.9. The number of aromatic nitrogens is 2. The fraction of sp³-hybridized carbons (Fsp3) is 0.158. The summed E-state index contributed by atoms with van der Waals surface area (Å²) in [4.78, 5) is 17.3. The molecule has 4 rings (SSSR count). The van der Waals surface area contributed by atoms with Gasteiger partial charge in [0, 0.05) is 6.54 Å². The minimum atomic E-state index is -0.0219. The van der Waals surface area contributed by atoms with E-state index >= 15 is 0 Å². The van der Waals surface area contributed by atoms with Crippen molar-refractivity contribution in [2.45, 2.75) is 19.4 Å². The highest BCUT2D eigenvalue weighted by molar-refractivity contribution is 5.99. The van der Waals surface area contributed by atoms with Gasteiger partial charge in [-0.25, -0.2) is 4.98 Å². The van der Waals surface area contributed by atoms with Gasteiger partial charge in [-0.3, -0.25) is 14.8 Å². The maximum Gasteiger partial charge on any atom is 0.261 e. The third-order valence-corrected chi connectivity index (χ3v) is 4.25. The molecular weight excluding hydrogens is 314 g/mol. The lowest BCUT2D eigenvalue weighted by molar-refractivity contribution is 0.597. The second-order valence-corrected chi connectivity index (χ2v) is 5.87. The van der Waals surface area contributed by atoms with Crippen molar-refractivity contribution < 1.29 is 0 Å². The van der Waals surface area contributed by atoms with Crippen LogP contribution in [0.25, 0.3) is 10.9 Å². The molecule has 0 bridgehead atoms. The van der Waals surface area contributed by atoms with Crippen LogP contribution in [0.15, 0.2) is 58.4 Å². The minimum absolute atomic E-state index is 0.0219. The van der Waals surface area contributed by atoms with Crippen molar-refractivity contribution in [1.82, 2.24) is 9.55 Å². The van der Waals surface area contributed by atoms with Crippen molar-refractivity contribution in [1.29, 1.82) is 5.26 Å². The first-order valence-electron chi connectivity index (χ1n) is 8.09. The van der Waals surface area contributed by atoms with E-state index in [-0.39, 0.29) is 5.56 Å². The van der Waals surface area contributed by atoms with Crippen molar-refractivity contribution >= 4 is 22.3 Å². The van der Waals surface area contributed by atoms with Crippen molar-refractivity contribution in [2.24, 2.45) is 5.10 Å². The first-order chi connectivity index (χ1) is 12.3. The summed E-state index contributed by atoms with van der Waals surface area (Å²) < 4.78 is 1.70. The number of rotatable bonds is 2. The van der Waals surface area contributed by atoms with Crippen LogP contribution in [0.5, 0.6) is 0 Å². The molecule has 25 heavy (non-hydrogen) atoms. The Hall–Kier alpha value is -3.46. The summed E-state index contributed by atoms with van der Waals surface area (Å²) in [7, 11) is 0. The van der Waals surface area contributed by atoms with Gasteiger partial charge in [0.15, 0.2) is 5.82 Å². The van der Waals surface area contributed by atoms with E-state index in [1.54, 1.807) is 34.9 Å². The van der Waals surface area contributed by atoms with Gasteiger partial charge in [-0.15, -0.1) is 0 Å². The zero-order chi connectivity index (χ0) is 17.2. The average Bonchev–Trinajstić information content (AvgIpc) is 2.67. The summed E-state index contributed by atoms with van der Waals surface area (Å²) >= 11 is 0. The Morgan fingerprint density at radius 2 is 1.96 bits per heavy atom. The SMILES string of the molecule is N#Cc1ccc(NN=C2CCCn3c2nc2ccccc2c3=O)cc1. The lowest BCUT2D eigenvalue weighted by Gasteiger charge is -2.19. The van der Waals surface area contributed by atoms with Crippen LogP contribution in [0.3, 0.4) is 0 Å². The number of nitriles is 1. The molecule has 0 atom stereocenters. The number of anilines is 1. The van der Waals surface area contributed by atoms with E-state index in [0.29, 0.717) is 28.8 Å². The van der Waals surface area contributed by atoms with Crippen LogP contribution in [0.4, 0.5) is 5.69 Å². The van der Waals surface area contributed by atoms with Gasteiger partial charge in [-0.1, -0.05) is 12.1 Å². The molecule has 0 aliphatic carbocycles. The molecule has 1 aliphatic heterocycles. The fourth-order valence-corrected chi connectivity index (χ4v) is 2.97. The summed E-state index contributed by atoms with van der Waals surface area (Å²) in [6.07, 6.45) is 1.61. The zero-order valence-electron chi connectivity index (χ0n) is 13.4. The Balaban J connectivity index is 1.73. The highest BCUT2D eigenvalue weighted by atomic mass is 16.1. The van der Waals surface area contributed by atoms with Gasteiger partial charge >= 0.3 is 0 Å². The van der Waals surface area contributed by atoms with Gasteiger partial charge in [-0.05, 0) is 49.2 Å². The number of hydrogen-bond acceptors (Lipinski definition) is 5. The van der Waals surface area contributed by atoms with Crippen molar-refractivity contribution in [3.8, 4) is 6.07 Å². The highest BCUT2D eigenvalue weighted by Crippen LogP contribution is 2.16. The van der Waals surface area contributed by atoms with Crippen LogP contribution < -0.4 is 11.0 Å². The number of nitrogens with zero attached hydrogens (tertiary/aromatic N) is 4. The number of benzene rings is 2. The molecule has 1 aromatic heterocycles. The van der Waals surface area contributed by atoms with Crippen LogP contribution in [0.1, 0.15) is 24.2 Å². The molecule has 1 N–H and O–H groups in total. The van der Waals surface area contributed by atoms with Gasteiger partial charge < -0.3 is 0 Å². The number of para-hydroxylation sites is 1. The first kappa shape index (κ1) is 15.1.